The largest absolute Gasteiger partial charge is 0.383 e. The maximum atomic E-state index is 5.22. The molecule has 0 saturated heterocycles. The molecule has 1 aromatic heterocycles. The number of nitrogens with one attached hydrogen (secondary N) is 1. The third kappa shape index (κ3) is 2.05. The summed E-state index contributed by atoms with van der Waals surface area (Å²) in [5, 5.41) is 5.65. The fraction of sp³-hybridized carbons (Fsp3) is 0.308. The second-order valence-corrected chi connectivity index (χ2v) is 3.74. The van der Waals surface area contributed by atoms with Crippen LogP contribution in [0.25, 0.3) is 10.8 Å². The summed E-state index contributed by atoms with van der Waals surface area (Å²) in [4.78, 5) is 4.18. The van der Waals surface area contributed by atoms with Gasteiger partial charge in [0.15, 0.2) is 0 Å². The molecule has 1 unspecified atom stereocenters. The minimum atomic E-state index is 0.206. The summed E-state index contributed by atoms with van der Waals surface area (Å²) in [7, 11) is 3.66. The Hall–Kier alpha value is -1.45. The van der Waals surface area contributed by atoms with Crippen LogP contribution >= 0.6 is 0 Å². The Balaban J connectivity index is 2.50. The number of aromatic nitrogens is 1. The van der Waals surface area contributed by atoms with Crippen molar-refractivity contribution >= 4 is 10.8 Å². The van der Waals surface area contributed by atoms with Crippen LogP contribution in [0, 0.1) is 0 Å². The van der Waals surface area contributed by atoms with E-state index in [1.165, 1.54) is 16.3 Å². The maximum Gasteiger partial charge on any atom is 0.0657 e. The molecule has 0 fully saturated rings. The van der Waals surface area contributed by atoms with E-state index < -0.39 is 0 Å². The number of hydrogen-bond acceptors (Lipinski definition) is 3. The Morgan fingerprint density at radius 1 is 1.38 bits per heavy atom. The van der Waals surface area contributed by atoms with Crippen LogP contribution in [-0.4, -0.2) is 25.7 Å². The zero-order chi connectivity index (χ0) is 11.4. The number of rotatable bonds is 4. The molecule has 2 rings (SSSR count). The first-order chi connectivity index (χ1) is 7.86. The molecule has 16 heavy (non-hydrogen) atoms. The van der Waals surface area contributed by atoms with Crippen LogP contribution in [0.3, 0.4) is 0 Å². The molecule has 1 aromatic carbocycles. The molecule has 0 radical (unpaired) electrons. The van der Waals surface area contributed by atoms with Gasteiger partial charge in [0.25, 0.3) is 0 Å². The number of hydrogen-bond donors (Lipinski definition) is 1. The van der Waals surface area contributed by atoms with E-state index in [1.807, 2.05) is 25.5 Å². The van der Waals surface area contributed by atoms with Gasteiger partial charge in [-0.15, -0.1) is 0 Å². The molecule has 1 heterocycles. The summed E-state index contributed by atoms with van der Waals surface area (Å²) in [6, 6.07) is 8.51. The SMILES string of the molecule is CNC(COC)c1cccc2ccncc12. The van der Waals surface area contributed by atoms with Gasteiger partial charge in [0.05, 0.1) is 12.6 Å². The average molecular weight is 216 g/mol. The van der Waals surface area contributed by atoms with E-state index in [2.05, 4.69) is 28.5 Å². The summed E-state index contributed by atoms with van der Waals surface area (Å²) in [5.74, 6) is 0. The molecule has 0 bridgehead atoms. The number of methoxy groups -OCH3 is 1. The highest BCUT2D eigenvalue weighted by Gasteiger charge is 2.11. The van der Waals surface area contributed by atoms with Crippen LogP contribution in [0.2, 0.25) is 0 Å². The average Bonchev–Trinajstić information content (AvgIpc) is 2.35. The third-order valence-electron chi connectivity index (χ3n) is 2.77. The summed E-state index contributed by atoms with van der Waals surface area (Å²) in [5.41, 5.74) is 1.23. The van der Waals surface area contributed by atoms with Crippen molar-refractivity contribution in [2.24, 2.45) is 0 Å². The fourth-order valence-corrected chi connectivity index (χ4v) is 1.94. The Kier molecular flexibility index (Phi) is 3.49. The first kappa shape index (κ1) is 11.0. The Morgan fingerprint density at radius 3 is 3.00 bits per heavy atom. The molecule has 1 N–H and O–H groups in total. The Labute approximate surface area is 95.5 Å². The van der Waals surface area contributed by atoms with Gasteiger partial charge in [-0.25, -0.2) is 0 Å². The van der Waals surface area contributed by atoms with Gasteiger partial charge in [-0.3, -0.25) is 4.98 Å². The maximum absolute atomic E-state index is 5.22. The second-order valence-electron chi connectivity index (χ2n) is 3.74. The number of nitrogens with zero attached hydrogens (tertiary/aromatic N) is 1. The molecule has 0 aliphatic carbocycles. The lowest BCUT2D eigenvalue weighted by atomic mass is 10.0. The number of ether oxygens (including phenoxy) is 1. The molecule has 1 atom stereocenters. The zero-order valence-corrected chi connectivity index (χ0v) is 9.60. The molecule has 0 aliphatic heterocycles. The smallest absolute Gasteiger partial charge is 0.0657 e. The fourth-order valence-electron chi connectivity index (χ4n) is 1.94. The predicted molar refractivity (Wildman–Crippen MR) is 65.4 cm³/mol. The van der Waals surface area contributed by atoms with Crippen molar-refractivity contribution in [1.82, 2.24) is 10.3 Å². The molecular formula is C13H16N2O. The van der Waals surface area contributed by atoms with E-state index in [0.717, 1.165) is 0 Å². The van der Waals surface area contributed by atoms with Crippen molar-refractivity contribution in [3.05, 3.63) is 42.2 Å². The summed E-state index contributed by atoms with van der Waals surface area (Å²) in [6.07, 6.45) is 3.72. The van der Waals surface area contributed by atoms with E-state index in [9.17, 15) is 0 Å². The van der Waals surface area contributed by atoms with Crippen molar-refractivity contribution in [2.45, 2.75) is 6.04 Å². The summed E-state index contributed by atoms with van der Waals surface area (Å²) < 4.78 is 5.22. The van der Waals surface area contributed by atoms with Gasteiger partial charge in [-0.2, -0.15) is 0 Å². The van der Waals surface area contributed by atoms with Crippen LogP contribution in [0.4, 0.5) is 0 Å². The highest BCUT2D eigenvalue weighted by molar-refractivity contribution is 5.85. The van der Waals surface area contributed by atoms with Crippen molar-refractivity contribution in [1.29, 1.82) is 0 Å². The van der Waals surface area contributed by atoms with Crippen LogP contribution in [0.5, 0.6) is 0 Å². The number of benzene rings is 1. The van der Waals surface area contributed by atoms with Crippen LogP contribution < -0.4 is 5.32 Å². The number of fused-ring (bicyclic) bond motifs is 1. The highest BCUT2D eigenvalue weighted by Crippen LogP contribution is 2.23. The quantitative estimate of drug-likeness (QED) is 0.850. The molecule has 3 nitrogen and oxygen atoms in total. The van der Waals surface area contributed by atoms with E-state index >= 15 is 0 Å². The molecule has 0 spiro atoms. The first-order valence-corrected chi connectivity index (χ1v) is 5.35. The van der Waals surface area contributed by atoms with Crippen molar-refractivity contribution in [3.63, 3.8) is 0 Å². The lowest BCUT2D eigenvalue weighted by Crippen LogP contribution is -2.21. The van der Waals surface area contributed by atoms with Gasteiger partial charge in [0.2, 0.25) is 0 Å². The lowest BCUT2D eigenvalue weighted by molar-refractivity contribution is 0.171. The topological polar surface area (TPSA) is 34.1 Å². The van der Waals surface area contributed by atoms with Gasteiger partial charge < -0.3 is 10.1 Å². The monoisotopic (exact) mass is 216 g/mol. The summed E-state index contributed by atoms with van der Waals surface area (Å²) >= 11 is 0. The molecule has 0 saturated carbocycles. The molecule has 84 valence electrons. The van der Waals surface area contributed by atoms with Crippen LogP contribution in [-0.2, 0) is 4.74 Å². The van der Waals surface area contributed by atoms with Gasteiger partial charge in [0, 0.05) is 24.9 Å². The van der Waals surface area contributed by atoms with Gasteiger partial charge in [-0.1, -0.05) is 18.2 Å². The van der Waals surface area contributed by atoms with Gasteiger partial charge in [-0.05, 0) is 24.1 Å². The van der Waals surface area contributed by atoms with Crippen molar-refractivity contribution < 1.29 is 4.74 Å². The van der Waals surface area contributed by atoms with Crippen molar-refractivity contribution in [3.8, 4) is 0 Å². The molecular weight excluding hydrogens is 200 g/mol. The van der Waals surface area contributed by atoms with Crippen molar-refractivity contribution in [2.75, 3.05) is 20.8 Å². The van der Waals surface area contributed by atoms with Gasteiger partial charge in [0.1, 0.15) is 0 Å². The number of likely N-dealkylation sites (N-methyl/N-ethyl adjacent to an activating group) is 1. The highest BCUT2D eigenvalue weighted by atomic mass is 16.5. The van der Waals surface area contributed by atoms with Gasteiger partial charge >= 0.3 is 0 Å². The van der Waals surface area contributed by atoms with E-state index in [4.69, 9.17) is 4.74 Å². The lowest BCUT2D eigenvalue weighted by Gasteiger charge is -2.17. The third-order valence-corrected chi connectivity index (χ3v) is 2.77. The Morgan fingerprint density at radius 2 is 2.25 bits per heavy atom. The van der Waals surface area contributed by atoms with Crippen LogP contribution in [0.15, 0.2) is 36.7 Å². The summed E-state index contributed by atoms with van der Waals surface area (Å²) in [6.45, 7) is 0.657. The van der Waals surface area contributed by atoms with Crippen LogP contribution in [0.1, 0.15) is 11.6 Å². The number of pyridine rings is 1. The standard InChI is InChI=1S/C13H16N2O/c1-14-13(9-16-2)11-5-3-4-10-6-7-15-8-12(10)11/h3-8,13-14H,9H2,1-2H3. The minimum absolute atomic E-state index is 0.206. The molecule has 0 aliphatic rings. The van der Waals surface area contributed by atoms with E-state index in [1.54, 1.807) is 7.11 Å². The first-order valence-electron chi connectivity index (χ1n) is 5.35. The molecule has 3 heteroatoms. The zero-order valence-electron chi connectivity index (χ0n) is 9.60. The van der Waals surface area contributed by atoms with E-state index in [0.29, 0.717) is 6.61 Å². The van der Waals surface area contributed by atoms with E-state index in [-0.39, 0.29) is 6.04 Å². The molecule has 2 aromatic rings. The molecule has 0 amide bonds. The second kappa shape index (κ2) is 5.05. The predicted octanol–water partition coefficient (Wildman–Crippen LogP) is 2.14. The normalized spacial score (nSPS) is 12.9. The minimum Gasteiger partial charge on any atom is -0.383 e. The Bertz CT molecular complexity index is 465.